The molecular formula is C16H16F3NO4S. The lowest BCUT2D eigenvalue weighted by Crippen LogP contribution is -2.28. The van der Waals surface area contributed by atoms with Crippen molar-refractivity contribution >= 4 is 10.0 Å². The van der Waals surface area contributed by atoms with Crippen LogP contribution >= 0.6 is 0 Å². The number of para-hydroxylation sites is 2. The largest absolute Gasteiger partial charge is 0.493 e. The lowest BCUT2D eigenvalue weighted by atomic mass is 10.2. The second kappa shape index (κ2) is 7.75. The molecule has 0 aromatic heterocycles. The third kappa shape index (κ3) is 5.10. The van der Waals surface area contributed by atoms with E-state index in [9.17, 15) is 21.6 Å². The summed E-state index contributed by atoms with van der Waals surface area (Å²) >= 11 is 0. The summed E-state index contributed by atoms with van der Waals surface area (Å²) in [6.07, 6.45) is -4.61. The van der Waals surface area contributed by atoms with Crippen molar-refractivity contribution in [3.8, 4) is 11.5 Å². The molecule has 0 heterocycles. The second-order valence-corrected chi connectivity index (χ2v) is 6.69. The maximum absolute atomic E-state index is 12.7. The molecule has 136 valence electrons. The van der Waals surface area contributed by atoms with Crippen molar-refractivity contribution in [2.75, 3.05) is 20.3 Å². The molecule has 0 bridgehead atoms. The smallest absolute Gasteiger partial charge is 0.416 e. The maximum atomic E-state index is 12.7. The summed E-state index contributed by atoms with van der Waals surface area (Å²) in [5.41, 5.74) is -1.03. The number of halogens is 3. The van der Waals surface area contributed by atoms with Crippen LogP contribution in [0.15, 0.2) is 53.4 Å². The Morgan fingerprint density at radius 2 is 1.72 bits per heavy atom. The average molecular weight is 375 g/mol. The van der Waals surface area contributed by atoms with Crippen LogP contribution < -0.4 is 14.2 Å². The standard InChI is InChI=1S/C16H16F3NO4S/c1-23-14-7-2-3-8-15(14)24-10-9-20-25(21,22)13-6-4-5-12(11-13)16(17,18)19/h2-8,11,20H,9-10H2,1H3. The highest BCUT2D eigenvalue weighted by Crippen LogP contribution is 2.30. The van der Waals surface area contributed by atoms with Gasteiger partial charge in [-0.1, -0.05) is 18.2 Å². The molecule has 0 saturated carbocycles. The molecule has 25 heavy (non-hydrogen) atoms. The summed E-state index contributed by atoms with van der Waals surface area (Å²) in [5.74, 6) is 0.923. The van der Waals surface area contributed by atoms with Gasteiger partial charge in [0.15, 0.2) is 11.5 Å². The van der Waals surface area contributed by atoms with E-state index >= 15 is 0 Å². The third-order valence-corrected chi connectivity index (χ3v) is 4.65. The highest BCUT2D eigenvalue weighted by atomic mass is 32.2. The van der Waals surface area contributed by atoms with Gasteiger partial charge in [0.05, 0.1) is 17.6 Å². The fourth-order valence-corrected chi connectivity index (χ4v) is 3.06. The molecular weight excluding hydrogens is 359 g/mol. The van der Waals surface area contributed by atoms with Crippen molar-refractivity contribution in [3.05, 3.63) is 54.1 Å². The lowest BCUT2D eigenvalue weighted by molar-refractivity contribution is -0.137. The molecule has 0 spiro atoms. The zero-order valence-corrected chi connectivity index (χ0v) is 14.0. The molecule has 0 amide bonds. The molecule has 5 nitrogen and oxygen atoms in total. The van der Waals surface area contributed by atoms with E-state index in [4.69, 9.17) is 9.47 Å². The summed E-state index contributed by atoms with van der Waals surface area (Å²) in [5, 5.41) is 0. The summed E-state index contributed by atoms with van der Waals surface area (Å²) < 4.78 is 74.9. The summed E-state index contributed by atoms with van der Waals surface area (Å²) in [7, 11) is -2.60. The van der Waals surface area contributed by atoms with Crippen LogP contribution in [-0.2, 0) is 16.2 Å². The molecule has 0 saturated heterocycles. The molecule has 9 heteroatoms. The van der Waals surface area contributed by atoms with Crippen molar-refractivity contribution in [2.45, 2.75) is 11.1 Å². The number of rotatable bonds is 7. The van der Waals surface area contributed by atoms with Gasteiger partial charge in [0.1, 0.15) is 6.61 Å². The summed E-state index contributed by atoms with van der Waals surface area (Å²) in [6.45, 7) is -0.130. The molecule has 0 unspecified atom stereocenters. The van der Waals surface area contributed by atoms with Gasteiger partial charge >= 0.3 is 6.18 Å². The van der Waals surface area contributed by atoms with Crippen molar-refractivity contribution in [2.24, 2.45) is 0 Å². The molecule has 0 aliphatic heterocycles. The number of nitrogens with one attached hydrogen (secondary N) is 1. The van der Waals surface area contributed by atoms with E-state index in [0.717, 1.165) is 18.2 Å². The molecule has 2 aromatic rings. The van der Waals surface area contributed by atoms with Crippen LogP contribution in [0.5, 0.6) is 11.5 Å². The second-order valence-electron chi connectivity index (χ2n) is 4.92. The number of alkyl halides is 3. The van der Waals surface area contributed by atoms with Gasteiger partial charge in [-0.05, 0) is 30.3 Å². The SMILES string of the molecule is COc1ccccc1OCCNS(=O)(=O)c1cccc(C(F)(F)F)c1. The van der Waals surface area contributed by atoms with Gasteiger partial charge < -0.3 is 9.47 Å². The van der Waals surface area contributed by atoms with Crippen LogP contribution in [0.25, 0.3) is 0 Å². The Hall–Kier alpha value is -2.26. The van der Waals surface area contributed by atoms with E-state index in [-0.39, 0.29) is 13.2 Å². The van der Waals surface area contributed by atoms with E-state index in [1.807, 2.05) is 0 Å². The Balaban J connectivity index is 1.98. The van der Waals surface area contributed by atoms with E-state index in [1.54, 1.807) is 24.3 Å². The first-order chi connectivity index (χ1) is 11.7. The molecule has 0 aliphatic carbocycles. The van der Waals surface area contributed by atoms with E-state index in [1.165, 1.54) is 7.11 Å². The van der Waals surface area contributed by atoms with Gasteiger partial charge in [-0.3, -0.25) is 0 Å². The van der Waals surface area contributed by atoms with E-state index in [2.05, 4.69) is 4.72 Å². The Morgan fingerprint density at radius 3 is 2.36 bits per heavy atom. The Labute approximate surface area is 143 Å². The fraction of sp³-hybridized carbons (Fsp3) is 0.250. The van der Waals surface area contributed by atoms with Crippen molar-refractivity contribution < 1.29 is 31.1 Å². The van der Waals surface area contributed by atoms with E-state index in [0.29, 0.717) is 17.6 Å². The minimum Gasteiger partial charge on any atom is -0.493 e. The number of benzene rings is 2. The summed E-state index contributed by atoms with van der Waals surface area (Å²) in [4.78, 5) is -0.459. The molecule has 0 atom stereocenters. The Bertz CT molecular complexity index is 822. The predicted octanol–water partition coefficient (Wildman–Crippen LogP) is 3.07. The monoisotopic (exact) mass is 375 g/mol. The minimum atomic E-state index is -4.61. The van der Waals surface area contributed by atoms with Gasteiger partial charge in [-0.2, -0.15) is 13.2 Å². The van der Waals surface area contributed by atoms with Gasteiger partial charge in [-0.25, -0.2) is 13.1 Å². The quantitative estimate of drug-likeness (QED) is 0.756. The third-order valence-electron chi connectivity index (χ3n) is 3.19. The van der Waals surface area contributed by atoms with Crippen LogP contribution in [0.4, 0.5) is 13.2 Å². The number of sulfonamides is 1. The van der Waals surface area contributed by atoms with Crippen LogP contribution in [0, 0.1) is 0 Å². The number of hydrogen-bond acceptors (Lipinski definition) is 4. The van der Waals surface area contributed by atoms with Crippen LogP contribution in [0.1, 0.15) is 5.56 Å². The number of hydrogen-bond donors (Lipinski definition) is 1. The first kappa shape index (κ1) is 19.1. The maximum Gasteiger partial charge on any atom is 0.416 e. The molecule has 0 radical (unpaired) electrons. The normalized spacial score (nSPS) is 12.0. The molecule has 2 rings (SSSR count). The van der Waals surface area contributed by atoms with Gasteiger partial charge in [-0.15, -0.1) is 0 Å². The zero-order chi connectivity index (χ0) is 18.5. The van der Waals surface area contributed by atoms with Gasteiger partial charge in [0, 0.05) is 6.54 Å². The Morgan fingerprint density at radius 1 is 1.04 bits per heavy atom. The van der Waals surface area contributed by atoms with Crippen molar-refractivity contribution in [1.29, 1.82) is 0 Å². The van der Waals surface area contributed by atoms with Gasteiger partial charge in [0.2, 0.25) is 10.0 Å². The molecule has 0 fully saturated rings. The first-order valence-corrected chi connectivity index (χ1v) is 8.65. The molecule has 0 aliphatic rings. The van der Waals surface area contributed by atoms with Crippen molar-refractivity contribution in [3.63, 3.8) is 0 Å². The minimum absolute atomic E-state index is 0.0153. The molecule has 2 aromatic carbocycles. The van der Waals surface area contributed by atoms with E-state index < -0.39 is 26.7 Å². The lowest BCUT2D eigenvalue weighted by Gasteiger charge is -2.12. The first-order valence-electron chi connectivity index (χ1n) is 7.17. The fourth-order valence-electron chi connectivity index (χ4n) is 2.00. The van der Waals surface area contributed by atoms with Crippen molar-refractivity contribution in [1.82, 2.24) is 4.72 Å². The van der Waals surface area contributed by atoms with Crippen LogP contribution in [-0.4, -0.2) is 28.7 Å². The zero-order valence-electron chi connectivity index (χ0n) is 13.2. The van der Waals surface area contributed by atoms with Gasteiger partial charge in [0.25, 0.3) is 0 Å². The number of methoxy groups -OCH3 is 1. The number of ether oxygens (including phenoxy) is 2. The predicted molar refractivity (Wildman–Crippen MR) is 85.1 cm³/mol. The molecule has 1 N–H and O–H groups in total. The van der Waals surface area contributed by atoms with Crippen LogP contribution in [0.2, 0.25) is 0 Å². The highest BCUT2D eigenvalue weighted by Gasteiger charge is 2.31. The van der Waals surface area contributed by atoms with Crippen LogP contribution in [0.3, 0.4) is 0 Å². The topological polar surface area (TPSA) is 64.6 Å². The summed E-state index contributed by atoms with van der Waals surface area (Å²) in [6, 6.07) is 10.4. The Kier molecular flexibility index (Phi) is 5.91. The highest BCUT2D eigenvalue weighted by molar-refractivity contribution is 7.89. The average Bonchev–Trinajstić information content (AvgIpc) is 2.58.